The molecule has 0 aromatic heterocycles. The second-order valence-corrected chi connectivity index (χ2v) is 12.7. The van der Waals surface area contributed by atoms with Gasteiger partial charge in [-0.05, 0) is 42.2 Å². The van der Waals surface area contributed by atoms with Gasteiger partial charge in [-0.2, -0.15) is 0 Å². The van der Waals surface area contributed by atoms with Gasteiger partial charge in [-0.25, -0.2) is 0 Å². The monoisotopic (exact) mass is 565 g/mol. The summed E-state index contributed by atoms with van der Waals surface area (Å²) in [4.78, 5) is 59.0. The molecule has 3 unspecified atom stereocenters. The van der Waals surface area contributed by atoms with Crippen molar-refractivity contribution >= 4 is 46.1 Å². The van der Waals surface area contributed by atoms with Crippen LogP contribution in [-0.2, 0) is 32.0 Å². The van der Waals surface area contributed by atoms with Crippen molar-refractivity contribution in [1.29, 1.82) is 0 Å². The molecule has 0 saturated carbocycles. The number of anilines is 1. The lowest BCUT2D eigenvalue weighted by atomic mass is 9.92. The van der Waals surface area contributed by atoms with Gasteiger partial charge in [0.1, 0.15) is 18.1 Å². The highest BCUT2D eigenvalue weighted by Crippen LogP contribution is 2.40. The molecule has 9 nitrogen and oxygen atoms in total. The van der Waals surface area contributed by atoms with Crippen LogP contribution in [0.15, 0.2) is 35.3 Å². The first kappa shape index (κ1) is 28.4. The fraction of sp³-hybridized carbons (Fsp3) is 0.567. The van der Waals surface area contributed by atoms with Crippen molar-refractivity contribution in [1.82, 2.24) is 16.0 Å². The van der Waals surface area contributed by atoms with E-state index in [9.17, 15) is 19.2 Å². The van der Waals surface area contributed by atoms with E-state index in [1.807, 2.05) is 32.0 Å². The summed E-state index contributed by atoms with van der Waals surface area (Å²) in [7, 11) is 0. The molecule has 3 N–H and O–H groups in total. The van der Waals surface area contributed by atoms with Crippen LogP contribution < -0.4 is 20.9 Å². The molecule has 40 heavy (non-hydrogen) atoms. The number of amides is 4. The summed E-state index contributed by atoms with van der Waals surface area (Å²) in [5.74, 6) is -0.754. The number of hydrogen-bond donors (Lipinski definition) is 3. The molecule has 3 aliphatic heterocycles. The second kappa shape index (κ2) is 11.8. The largest absolute Gasteiger partial charge is 0.348 e. The molecule has 5 rings (SSSR count). The van der Waals surface area contributed by atoms with E-state index >= 15 is 0 Å². The molecule has 7 atom stereocenters. The Morgan fingerprint density at radius 2 is 2.00 bits per heavy atom. The SMILES string of the molecule is CC[C@H](C)[C@H](NC(C)=O)C(=O)N[C@H]1CCc2cccc3c2N(C1=O)[C@H](C(=O)NCC1=NC2C=CCC(C)C2S1)C3. The number of benzene rings is 1. The van der Waals surface area contributed by atoms with Crippen molar-refractivity contribution < 1.29 is 19.2 Å². The van der Waals surface area contributed by atoms with Crippen LogP contribution in [0.4, 0.5) is 5.69 Å². The van der Waals surface area contributed by atoms with Gasteiger partial charge >= 0.3 is 0 Å². The van der Waals surface area contributed by atoms with Crippen LogP contribution in [0.2, 0.25) is 0 Å². The van der Waals surface area contributed by atoms with Crippen molar-refractivity contribution in [2.45, 2.75) is 89.2 Å². The van der Waals surface area contributed by atoms with E-state index in [0.29, 0.717) is 43.4 Å². The van der Waals surface area contributed by atoms with Gasteiger partial charge < -0.3 is 16.0 Å². The number of allylic oxidation sites excluding steroid dienone is 1. The minimum absolute atomic E-state index is 0.0995. The summed E-state index contributed by atoms with van der Waals surface area (Å²) in [6.45, 7) is 7.81. The van der Waals surface area contributed by atoms with Crippen LogP contribution in [0.5, 0.6) is 0 Å². The topological polar surface area (TPSA) is 120 Å². The number of para-hydroxylation sites is 1. The van der Waals surface area contributed by atoms with Crippen molar-refractivity contribution in [3.8, 4) is 0 Å². The Bertz CT molecular complexity index is 1260. The van der Waals surface area contributed by atoms with Gasteiger partial charge in [0.05, 0.1) is 23.3 Å². The van der Waals surface area contributed by atoms with Crippen LogP contribution >= 0.6 is 11.8 Å². The van der Waals surface area contributed by atoms with Crippen LogP contribution in [0.3, 0.4) is 0 Å². The standard InChI is InChI=1S/C30H39N5O4S/c1-5-16(2)25(32-18(4)36)29(38)34-22-13-12-19-9-7-10-20-14-23(35(26(19)20)30(22)39)28(37)31-15-24-33-21-11-6-8-17(3)27(21)40-24/h6-7,9-11,16-17,21-23,25,27H,5,8,12-15H2,1-4H3,(H,31,37)(H,32,36)(H,34,38)/t16-,17?,21?,22-,23-,25-,27?/m0/s1. The van der Waals surface area contributed by atoms with Gasteiger partial charge in [0.15, 0.2) is 0 Å². The summed E-state index contributed by atoms with van der Waals surface area (Å²) in [6, 6.07) is 3.85. The average Bonchev–Trinajstić information content (AvgIpc) is 3.51. The molecule has 4 aliphatic rings. The molecule has 10 heteroatoms. The zero-order valence-corrected chi connectivity index (χ0v) is 24.4. The second-order valence-electron chi connectivity index (χ2n) is 11.5. The van der Waals surface area contributed by atoms with E-state index in [2.05, 4.69) is 35.0 Å². The smallest absolute Gasteiger partial charge is 0.250 e. The predicted molar refractivity (Wildman–Crippen MR) is 157 cm³/mol. The molecular formula is C30H39N5O4S. The first-order valence-electron chi connectivity index (χ1n) is 14.4. The Kier molecular flexibility index (Phi) is 8.35. The third-order valence-corrected chi connectivity index (χ3v) is 10.1. The molecule has 0 bridgehead atoms. The number of carbonyl (C=O) groups excluding carboxylic acids is 4. The minimum Gasteiger partial charge on any atom is -0.348 e. The summed E-state index contributed by atoms with van der Waals surface area (Å²) in [6.07, 6.45) is 7.52. The van der Waals surface area contributed by atoms with Crippen molar-refractivity contribution in [2.75, 3.05) is 11.4 Å². The number of hydrogen-bond acceptors (Lipinski definition) is 6. The van der Waals surface area contributed by atoms with Gasteiger partial charge in [0.25, 0.3) is 0 Å². The lowest BCUT2D eigenvalue weighted by molar-refractivity contribution is -0.132. The first-order chi connectivity index (χ1) is 19.2. The fourth-order valence-corrected chi connectivity index (χ4v) is 7.48. The number of thioether (sulfide) groups is 1. The van der Waals surface area contributed by atoms with Gasteiger partial charge in [0, 0.05) is 18.6 Å². The molecule has 0 fully saturated rings. The first-order valence-corrected chi connectivity index (χ1v) is 15.2. The maximum atomic E-state index is 14.0. The van der Waals surface area contributed by atoms with E-state index in [1.54, 1.807) is 16.7 Å². The number of aryl methyl sites for hydroxylation is 1. The van der Waals surface area contributed by atoms with Gasteiger partial charge in [0.2, 0.25) is 23.6 Å². The zero-order chi connectivity index (χ0) is 28.6. The molecule has 4 amide bonds. The van der Waals surface area contributed by atoms with Crippen LogP contribution in [0.1, 0.15) is 58.1 Å². The van der Waals surface area contributed by atoms with E-state index in [0.717, 1.165) is 28.3 Å². The van der Waals surface area contributed by atoms with Crippen molar-refractivity contribution in [3.63, 3.8) is 0 Å². The van der Waals surface area contributed by atoms with Gasteiger partial charge in [-0.1, -0.05) is 57.5 Å². The molecule has 0 saturated heterocycles. The van der Waals surface area contributed by atoms with E-state index in [-0.39, 0.29) is 35.6 Å². The molecule has 0 radical (unpaired) electrons. The molecular weight excluding hydrogens is 526 g/mol. The summed E-state index contributed by atoms with van der Waals surface area (Å²) in [5, 5.41) is 10.0. The number of rotatable bonds is 8. The van der Waals surface area contributed by atoms with Gasteiger partial charge in [-0.15, -0.1) is 11.8 Å². The molecule has 214 valence electrons. The highest BCUT2D eigenvalue weighted by Gasteiger charge is 2.44. The Labute approximate surface area is 240 Å². The highest BCUT2D eigenvalue weighted by molar-refractivity contribution is 8.14. The summed E-state index contributed by atoms with van der Waals surface area (Å²) < 4.78 is 0. The van der Waals surface area contributed by atoms with E-state index in [1.165, 1.54) is 6.92 Å². The number of carbonyl (C=O) groups is 4. The molecule has 1 aromatic carbocycles. The maximum absolute atomic E-state index is 14.0. The molecule has 1 aromatic rings. The van der Waals surface area contributed by atoms with E-state index < -0.39 is 18.1 Å². The fourth-order valence-electron chi connectivity index (χ4n) is 6.19. The molecule has 0 spiro atoms. The maximum Gasteiger partial charge on any atom is 0.250 e. The Morgan fingerprint density at radius 1 is 1.23 bits per heavy atom. The van der Waals surface area contributed by atoms with Crippen LogP contribution in [-0.4, -0.2) is 64.6 Å². The number of fused-ring (bicyclic) bond motifs is 1. The van der Waals surface area contributed by atoms with Gasteiger partial charge in [-0.3, -0.25) is 29.1 Å². The third kappa shape index (κ3) is 5.55. The number of aliphatic imine (C=N–C) groups is 1. The predicted octanol–water partition coefficient (Wildman–Crippen LogP) is 2.52. The van der Waals surface area contributed by atoms with Crippen molar-refractivity contribution in [2.24, 2.45) is 16.8 Å². The Morgan fingerprint density at radius 3 is 2.73 bits per heavy atom. The Balaban J connectivity index is 1.32. The average molecular weight is 566 g/mol. The van der Waals surface area contributed by atoms with Crippen molar-refractivity contribution in [3.05, 3.63) is 41.5 Å². The minimum atomic E-state index is -0.798. The normalized spacial score (nSPS) is 28.1. The van der Waals surface area contributed by atoms with Crippen LogP contribution in [0, 0.1) is 11.8 Å². The number of nitrogens with one attached hydrogen (secondary N) is 3. The highest BCUT2D eigenvalue weighted by atomic mass is 32.2. The molecule has 3 heterocycles. The Hall–Kier alpha value is -3.14. The van der Waals surface area contributed by atoms with E-state index in [4.69, 9.17) is 4.99 Å². The zero-order valence-electron chi connectivity index (χ0n) is 23.6. The van der Waals surface area contributed by atoms with Crippen LogP contribution in [0.25, 0.3) is 0 Å². The quantitative estimate of drug-likeness (QED) is 0.419. The summed E-state index contributed by atoms with van der Waals surface area (Å²) >= 11 is 1.74. The number of nitrogens with zero attached hydrogens (tertiary/aromatic N) is 2. The lowest BCUT2D eigenvalue weighted by Gasteiger charge is -2.29. The third-order valence-electron chi connectivity index (χ3n) is 8.60. The summed E-state index contributed by atoms with van der Waals surface area (Å²) in [5.41, 5.74) is 2.76. The molecule has 1 aliphatic carbocycles. The lowest BCUT2D eigenvalue weighted by Crippen LogP contribution is -2.58.